The summed E-state index contributed by atoms with van der Waals surface area (Å²) in [7, 11) is 1.74. The number of nitrogens with one attached hydrogen (secondary N) is 1. The Balaban J connectivity index is 3.15. The van der Waals surface area contributed by atoms with Crippen molar-refractivity contribution in [3.8, 4) is 0 Å². The minimum atomic E-state index is -0.677. The van der Waals surface area contributed by atoms with Gasteiger partial charge in [-0.15, -0.1) is 0 Å². The van der Waals surface area contributed by atoms with Gasteiger partial charge in [-0.3, -0.25) is 14.5 Å². The smallest absolute Gasteiger partial charge is 0.333 e. The lowest BCUT2D eigenvalue weighted by molar-refractivity contribution is -0.142. The summed E-state index contributed by atoms with van der Waals surface area (Å²) in [6, 6.07) is -0.920. The average molecular weight is 466 g/mol. The molecular weight excluding hydrogens is 418 g/mol. The number of likely N-dealkylation sites (tertiary alicyclic amines) is 1. The van der Waals surface area contributed by atoms with Crippen LogP contribution in [0.5, 0.6) is 0 Å². The van der Waals surface area contributed by atoms with Crippen molar-refractivity contribution in [2.24, 2.45) is 11.3 Å². The van der Waals surface area contributed by atoms with Crippen LogP contribution in [0.3, 0.4) is 0 Å². The summed E-state index contributed by atoms with van der Waals surface area (Å²) in [5.74, 6) is -0.538. The lowest BCUT2D eigenvalue weighted by Crippen LogP contribution is -2.60. The predicted molar refractivity (Wildman–Crippen MR) is 133 cm³/mol. The fourth-order valence-electron chi connectivity index (χ4n) is 4.41. The Kier molecular flexibility index (Phi) is 11.1. The van der Waals surface area contributed by atoms with Gasteiger partial charge in [-0.1, -0.05) is 47.1 Å². The number of amides is 2. The van der Waals surface area contributed by atoms with Gasteiger partial charge in [0.25, 0.3) is 0 Å². The maximum absolute atomic E-state index is 13.7. The first kappa shape index (κ1) is 29.1. The Morgan fingerprint density at radius 3 is 2.24 bits per heavy atom. The molecular formula is C26H47N3O4. The fraction of sp³-hybridized carbons (Fsp3) is 0.808. The van der Waals surface area contributed by atoms with Gasteiger partial charge in [0.15, 0.2) is 0 Å². The van der Waals surface area contributed by atoms with E-state index in [9.17, 15) is 14.4 Å². The predicted octanol–water partition coefficient (Wildman–Crippen LogP) is 3.77. The van der Waals surface area contributed by atoms with E-state index in [0.717, 1.165) is 25.8 Å². The number of piperidine rings is 1. The number of rotatable bonds is 9. The molecule has 1 aliphatic heterocycles. The van der Waals surface area contributed by atoms with Crippen molar-refractivity contribution >= 4 is 17.8 Å². The van der Waals surface area contributed by atoms with E-state index in [-0.39, 0.29) is 41.8 Å². The van der Waals surface area contributed by atoms with Crippen molar-refractivity contribution in [1.29, 1.82) is 0 Å². The molecule has 0 bridgehead atoms. The zero-order chi connectivity index (χ0) is 25.5. The molecule has 0 aromatic carbocycles. The quantitative estimate of drug-likeness (QED) is 0.414. The molecule has 1 heterocycles. The Bertz CT molecular complexity index is 709. The lowest BCUT2D eigenvalue weighted by atomic mass is 9.84. The first-order chi connectivity index (χ1) is 15.2. The van der Waals surface area contributed by atoms with Gasteiger partial charge in [0.05, 0.1) is 18.7 Å². The Hall–Kier alpha value is -1.89. The Morgan fingerprint density at radius 1 is 1.15 bits per heavy atom. The van der Waals surface area contributed by atoms with Crippen molar-refractivity contribution in [1.82, 2.24) is 15.1 Å². The van der Waals surface area contributed by atoms with E-state index in [1.54, 1.807) is 31.9 Å². The summed E-state index contributed by atoms with van der Waals surface area (Å²) in [5, 5.41) is 3.10. The largest absolute Gasteiger partial charge is 0.463 e. The summed E-state index contributed by atoms with van der Waals surface area (Å²) < 4.78 is 5.10. The summed E-state index contributed by atoms with van der Waals surface area (Å²) in [5.41, 5.74) is 0.000989. The molecule has 7 heteroatoms. The standard InChI is InChI=1S/C26H47N3O4/c1-11-33-25(32)19(6)16-21(17(2)3)28(10)24(31)22(26(7,8)9)27-23(30)20-14-12-13-15-29(20)18(4)5/h16-18,20-22H,11-15H2,1-10H3,(H,27,30)/b19-16+/t20?,21-,22-/m1/s1. The van der Waals surface area contributed by atoms with Crippen LogP contribution in [0.2, 0.25) is 0 Å². The number of carbonyl (C=O) groups is 3. The maximum atomic E-state index is 13.7. The zero-order valence-electron chi connectivity index (χ0n) is 22.5. The van der Waals surface area contributed by atoms with Crippen molar-refractivity contribution < 1.29 is 19.1 Å². The van der Waals surface area contributed by atoms with Crippen LogP contribution in [0.15, 0.2) is 11.6 Å². The second-order valence-electron chi connectivity index (χ2n) is 10.9. The highest BCUT2D eigenvalue weighted by Gasteiger charge is 2.39. The van der Waals surface area contributed by atoms with E-state index in [4.69, 9.17) is 4.74 Å². The van der Waals surface area contributed by atoms with Gasteiger partial charge in [-0.25, -0.2) is 4.79 Å². The third-order valence-electron chi connectivity index (χ3n) is 6.41. The summed E-state index contributed by atoms with van der Waals surface area (Å²) in [4.78, 5) is 43.1. The van der Waals surface area contributed by atoms with Crippen LogP contribution < -0.4 is 5.32 Å². The molecule has 1 saturated heterocycles. The van der Waals surface area contributed by atoms with E-state index in [2.05, 4.69) is 24.1 Å². The van der Waals surface area contributed by atoms with E-state index < -0.39 is 11.5 Å². The topological polar surface area (TPSA) is 79.0 Å². The van der Waals surface area contributed by atoms with Gasteiger partial charge in [-0.05, 0) is 58.4 Å². The van der Waals surface area contributed by atoms with Crippen molar-refractivity contribution in [2.45, 2.75) is 106 Å². The van der Waals surface area contributed by atoms with E-state index in [0.29, 0.717) is 12.2 Å². The van der Waals surface area contributed by atoms with Crippen LogP contribution >= 0.6 is 0 Å². The van der Waals surface area contributed by atoms with Gasteiger partial charge in [0, 0.05) is 18.7 Å². The molecule has 1 N–H and O–H groups in total. The van der Waals surface area contributed by atoms with Crippen molar-refractivity contribution in [2.75, 3.05) is 20.2 Å². The number of carbonyl (C=O) groups excluding carboxylic acids is 3. The molecule has 0 aliphatic carbocycles. The number of hydrogen-bond donors (Lipinski definition) is 1. The second kappa shape index (κ2) is 12.5. The number of hydrogen-bond acceptors (Lipinski definition) is 5. The van der Waals surface area contributed by atoms with Crippen LogP contribution in [-0.2, 0) is 19.1 Å². The Morgan fingerprint density at radius 2 is 1.76 bits per heavy atom. The SMILES string of the molecule is CCOC(=O)/C(C)=C/[C@H](C(C)C)N(C)C(=O)[C@@H](NC(=O)C1CCCCN1C(C)C)C(C)(C)C. The van der Waals surface area contributed by atoms with E-state index >= 15 is 0 Å². The van der Waals surface area contributed by atoms with Gasteiger partial charge in [-0.2, -0.15) is 0 Å². The third kappa shape index (κ3) is 8.13. The summed E-state index contributed by atoms with van der Waals surface area (Å²) in [6.45, 7) is 18.8. The lowest BCUT2D eigenvalue weighted by Gasteiger charge is -2.41. The molecule has 1 fully saturated rings. The number of likely N-dealkylation sites (N-methyl/N-ethyl adjacent to an activating group) is 1. The normalized spacial score (nSPS) is 19.9. The van der Waals surface area contributed by atoms with Crippen molar-refractivity contribution in [3.63, 3.8) is 0 Å². The molecule has 1 unspecified atom stereocenters. The van der Waals surface area contributed by atoms with Crippen molar-refractivity contribution in [3.05, 3.63) is 11.6 Å². The minimum absolute atomic E-state index is 0.0782. The number of esters is 1. The Labute approximate surface area is 201 Å². The van der Waals surface area contributed by atoms with E-state index in [1.807, 2.05) is 34.6 Å². The molecule has 190 valence electrons. The molecule has 0 radical (unpaired) electrons. The zero-order valence-corrected chi connectivity index (χ0v) is 22.5. The molecule has 0 spiro atoms. The molecule has 0 saturated carbocycles. The molecule has 7 nitrogen and oxygen atoms in total. The van der Waals surface area contributed by atoms with Crippen LogP contribution in [0.25, 0.3) is 0 Å². The fourth-order valence-corrected chi connectivity index (χ4v) is 4.41. The highest BCUT2D eigenvalue weighted by Crippen LogP contribution is 2.26. The second-order valence-corrected chi connectivity index (χ2v) is 10.9. The first-order valence-corrected chi connectivity index (χ1v) is 12.4. The van der Waals surface area contributed by atoms with Gasteiger partial charge in [0.2, 0.25) is 11.8 Å². The third-order valence-corrected chi connectivity index (χ3v) is 6.41. The minimum Gasteiger partial charge on any atom is -0.463 e. The molecule has 33 heavy (non-hydrogen) atoms. The van der Waals surface area contributed by atoms with Gasteiger partial charge >= 0.3 is 5.97 Å². The first-order valence-electron chi connectivity index (χ1n) is 12.4. The maximum Gasteiger partial charge on any atom is 0.333 e. The van der Waals surface area contributed by atoms with Crippen LogP contribution in [-0.4, -0.2) is 72.0 Å². The molecule has 1 rings (SSSR count). The van der Waals surface area contributed by atoms with Gasteiger partial charge in [0.1, 0.15) is 6.04 Å². The molecule has 2 amide bonds. The van der Waals surface area contributed by atoms with Crippen LogP contribution in [0.4, 0.5) is 0 Å². The van der Waals surface area contributed by atoms with Crippen LogP contribution in [0.1, 0.15) is 81.6 Å². The number of nitrogens with zero attached hydrogens (tertiary/aromatic N) is 2. The highest BCUT2D eigenvalue weighted by atomic mass is 16.5. The molecule has 0 aromatic rings. The van der Waals surface area contributed by atoms with E-state index in [1.165, 1.54) is 0 Å². The van der Waals surface area contributed by atoms with Gasteiger partial charge < -0.3 is 15.0 Å². The molecule has 3 atom stereocenters. The summed E-state index contributed by atoms with van der Waals surface area (Å²) >= 11 is 0. The molecule has 0 aromatic heterocycles. The average Bonchev–Trinajstić information content (AvgIpc) is 2.73. The summed E-state index contributed by atoms with van der Waals surface area (Å²) in [6.07, 6.45) is 4.71. The molecule has 1 aliphatic rings. The highest BCUT2D eigenvalue weighted by molar-refractivity contribution is 5.91. The number of ether oxygens (including phenoxy) is 1. The van der Waals surface area contributed by atoms with Crippen LogP contribution in [0, 0.1) is 11.3 Å². The monoisotopic (exact) mass is 465 g/mol.